The van der Waals surface area contributed by atoms with Crippen LogP contribution in [0.2, 0.25) is 0 Å². The molecule has 0 unspecified atom stereocenters. The summed E-state index contributed by atoms with van der Waals surface area (Å²) in [5.41, 5.74) is 2.71. The van der Waals surface area contributed by atoms with Gasteiger partial charge < -0.3 is 9.64 Å². The number of aryl methyl sites for hydroxylation is 1. The van der Waals surface area contributed by atoms with Gasteiger partial charge in [-0.2, -0.15) is 4.31 Å². The van der Waals surface area contributed by atoms with Crippen LogP contribution in [-0.4, -0.2) is 43.2 Å². The summed E-state index contributed by atoms with van der Waals surface area (Å²) in [5.74, 6) is 0.401. The van der Waals surface area contributed by atoms with Crippen LogP contribution >= 0.6 is 0 Å². The van der Waals surface area contributed by atoms with Gasteiger partial charge in [0.05, 0.1) is 18.0 Å². The number of carbonyl (C=O) groups excluding carboxylic acids is 1. The van der Waals surface area contributed by atoms with E-state index in [1.807, 2.05) is 74.5 Å². The Bertz CT molecular complexity index is 1140. The van der Waals surface area contributed by atoms with Crippen LogP contribution in [0.25, 0.3) is 0 Å². The van der Waals surface area contributed by atoms with E-state index in [9.17, 15) is 13.2 Å². The lowest BCUT2D eigenvalue weighted by Crippen LogP contribution is -2.42. The lowest BCUT2D eigenvalue weighted by Gasteiger charge is -2.27. The van der Waals surface area contributed by atoms with Gasteiger partial charge in [-0.05, 0) is 48.7 Å². The number of sulfonamides is 1. The van der Waals surface area contributed by atoms with Gasteiger partial charge in [0, 0.05) is 19.6 Å². The summed E-state index contributed by atoms with van der Waals surface area (Å²) in [7, 11) is -3.85. The number of hydrogen-bond donors (Lipinski definition) is 0. The molecule has 0 atom stereocenters. The molecular formula is C27H32N2O4S. The Kier molecular flexibility index (Phi) is 8.85. The van der Waals surface area contributed by atoms with Crippen LogP contribution in [0, 0.1) is 6.92 Å². The second-order valence-corrected chi connectivity index (χ2v) is 9.95. The highest BCUT2D eigenvalue weighted by molar-refractivity contribution is 7.89. The van der Waals surface area contributed by atoms with Crippen molar-refractivity contribution in [3.8, 4) is 5.75 Å². The summed E-state index contributed by atoms with van der Waals surface area (Å²) in [6.07, 6.45) is 0. The zero-order valence-electron chi connectivity index (χ0n) is 20.0. The van der Waals surface area contributed by atoms with Crippen molar-refractivity contribution < 1.29 is 17.9 Å². The van der Waals surface area contributed by atoms with Crippen molar-refractivity contribution in [3.63, 3.8) is 0 Å². The molecule has 0 bridgehead atoms. The third kappa shape index (κ3) is 6.46. The Morgan fingerprint density at radius 3 is 1.88 bits per heavy atom. The molecule has 3 aromatic carbocycles. The van der Waals surface area contributed by atoms with Crippen molar-refractivity contribution in [3.05, 3.63) is 95.6 Å². The summed E-state index contributed by atoms with van der Waals surface area (Å²) < 4.78 is 33.5. The van der Waals surface area contributed by atoms with Gasteiger partial charge in [0.15, 0.2) is 0 Å². The van der Waals surface area contributed by atoms with Crippen molar-refractivity contribution in [2.24, 2.45) is 0 Å². The standard InChI is InChI=1S/C27H32N2O4S/c1-4-29(34(31,32)25-16-17-26(33-5-2)22(3)18-25)21-27(30)28(19-23-12-8-6-9-13-23)20-24-14-10-7-11-15-24/h6-18H,4-5,19-21H2,1-3H3. The molecule has 3 rings (SSSR count). The molecule has 0 radical (unpaired) electrons. The molecule has 0 heterocycles. The number of amides is 1. The molecular weight excluding hydrogens is 448 g/mol. The largest absolute Gasteiger partial charge is 0.494 e. The molecule has 0 aliphatic heterocycles. The second kappa shape index (κ2) is 11.8. The van der Waals surface area contributed by atoms with E-state index in [-0.39, 0.29) is 23.9 Å². The van der Waals surface area contributed by atoms with Gasteiger partial charge in [-0.3, -0.25) is 4.79 Å². The minimum absolute atomic E-state index is 0.153. The normalized spacial score (nSPS) is 11.4. The third-order valence-electron chi connectivity index (χ3n) is 5.53. The highest BCUT2D eigenvalue weighted by Crippen LogP contribution is 2.24. The van der Waals surface area contributed by atoms with Crippen LogP contribution in [0.1, 0.15) is 30.5 Å². The fourth-order valence-corrected chi connectivity index (χ4v) is 5.19. The van der Waals surface area contributed by atoms with Crippen molar-refractivity contribution in [1.82, 2.24) is 9.21 Å². The monoisotopic (exact) mass is 480 g/mol. The van der Waals surface area contributed by atoms with Crippen molar-refractivity contribution in [2.75, 3.05) is 19.7 Å². The molecule has 3 aromatic rings. The van der Waals surface area contributed by atoms with Gasteiger partial charge in [-0.25, -0.2) is 8.42 Å². The Morgan fingerprint density at radius 2 is 1.41 bits per heavy atom. The fraction of sp³-hybridized carbons (Fsp3) is 0.296. The predicted molar refractivity (Wildman–Crippen MR) is 134 cm³/mol. The summed E-state index contributed by atoms with van der Waals surface area (Å²) in [6.45, 7) is 6.68. The first-order valence-electron chi connectivity index (χ1n) is 11.4. The molecule has 0 fully saturated rings. The number of likely N-dealkylation sites (N-methyl/N-ethyl adjacent to an activating group) is 1. The molecule has 6 nitrogen and oxygen atoms in total. The van der Waals surface area contributed by atoms with Gasteiger partial charge in [0.25, 0.3) is 0 Å². The number of rotatable bonds is 11. The number of nitrogens with zero attached hydrogens (tertiary/aromatic N) is 2. The zero-order valence-corrected chi connectivity index (χ0v) is 20.8. The number of carbonyl (C=O) groups is 1. The molecule has 1 amide bonds. The quantitative estimate of drug-likeness (QED) is 0.401. The molecule has 0 spiro atoms. The number of ether oxygens (including phenoxy) is 1. The first-order chi connectivity index (χ1) is 16.3. The van der Waals surface area contributed by atoms with Crippen LogP contribution < -0.4 is 4.74 Å². The highest BCUT2D eigenvalue weighted by atomic mass is 32.2. The van der Waals surface area contributed by atoms with Gasteiger partial charge in [-0.15, -0.1) is 0 Å². The Morgan fingerprint density at radius 1 is 0.853 bits per heavy atom. The van der Waals surface area contributed by atoms with Crippen molar-refractivity contribution >= 4 is 15.9 Å². The third-order valence-corrected chi connectivity index (χ3v) is 7.45. The summed E-state index contributed by atoms with van der Waals surface area (Å²) in [4.78, 5) is 15.3. The fourth-order valence-electron chi connectivity index (χ4n) is 3.71. The molecule has 0 saturated carbocycles. The number of benzene rings is 3. The van der Waals surface area contributed by atoms with E-state index in [1.165, 1.54) is 10.4 Å². The van der Waals surface area contributed by atoms with E-state index in [2.05, 4.69) is 0 Å². The van der Waals surface area contributed by atoms with Crippen LogP contribution in [0.4, 0.5) is 0 Å². The highest BCUT2D eigenvalue weighted by Gasteiger charge is 2.28. The maximum atomic E-state index is 13.4. The van der Waals surface area contributed by atoms with Crippen LogP contribution in [0.3, 0.4) is 0 Å². The van der Waals surface area contributed by atoms with E-state index in [0.29, 0.717) is 25.4 Å². The molecule has 7 heteroatoms. The molecule has 0 aromatic heterocycles. The van der Waals surface area contributed by atoms with Crippen LogP contribution in [0.5, 0.6) is 5.75 Å². The van der Waals surface area contributed by atoms with E-state index < -0.39 is 10.0 Å². The molecule has 0 aliphatic carbocycles. The van der Waals surface area contributed by atoms with E-state index in [1.54, 1.807) is 24.0 Å². The lowest BCUT2D eigenvalue weighted by atomic mass is 10.1. The maximum Gasteiger partial charge on any atom is 0.243 e. The van der Waals surface area contributed by atoms with Gasteiger partial charge >= 0.3 is 0 Å². The Hall–Kier alpha value is -3.16. The molecule has 0 N–H and O–H groups in total. The molecule has 180 valence electrons. The molecule has 0 aliphatic rings. The van der Waals surface area contributed by atoms with Crippen LogP contribution in [-0.2, 0) is 27.9 Å². The Labute approximate surface area is 202 Å². The lowest BCUT2D eigenvalue weighted by molar-refractivity contribution is -0.132. The van der Waals surface area contributed by atoms with Crippen molar-refractivity contribution in [2.45, 2.75) is 38.8 Å². The Balaban J connectivity index is 1.83. The van der Waals surface area contributed by atoms with Gasteiger partial charge in [0.2, 0.25) is 15.9 Å². The summed E-state index contributed by atoms with van der Waals surface area (Å²) >= 11 is 0. The first-order valence-corrected chi connectivity index (χ1v) is 12.9. The smallest absolute Gasteiger partial charge is 0.243 e. The minimum Gasteiger partial charge on any atom is -0.494 e. The maximum absolute atomic E-state index is 13.4. The first kappa shape index (κ1) is 25.5. The zero-order chi connectivity index (χ0) is 24.6. The van der Waals surface area contributed by atoms with Gasteiger partial charge in [0.1, 0.15) is 5.75 Å². The summed E-state index contributed by atoms with van der Waals surface area (Å²) in [5, 5.41) is 0. The average molecular weight is 481 g/mol. The van der Waals surface area contributed by atoms with Crippen molar-refractivity contribution in [1.29, 1.82) is 0 Å². The molecule has 34 heavy (non-hydrogen) atoms. The number of hydrogen-bond acceptors (Lipinski definition) is 4. The van der Waals surface area contributed by atoms with Gasteiger partial charge in [-0.1, -0.05) is 67.6 Å². The van der Waals surface area contributed by atoms with E-state index in [0.717, 1.165) is 16.7 Å². The average Bonchev–Trinajstić information content (AvgIpc) is 2.84. The predicted octanol–water partition coefficient (Wildman–Crippen LogP) is 4.63. The minimum atomic E-state index is -3.85. The van der Waals surface area contributed by atoms with E-state index >= 15 is 0 Å². The summed E-state index contributed by atoms with van der Waals surface area (Å²) in [6, 6.07) is 24.2. The molecule has 0 saturated heterocycles. The second-order valence-electron chi connectivity index (χ2n) is 8.01. The SMILES string of the molecule is CCOc1ccc(S(=O)(=O)N(CC)CC(=O)N(Cc2ccccc2)Cc2ccccc2)cc1C. The van der Waals surface area contributed by atoms with E-state index in [4.69, 9.17) is 4.74 Å². The van der Waals surface area contributed by atoms with Crippen LogP contribution in [0.15, 0.2) is 83.8 Å². The topological polar surface area (TPSA) is 66.9 Å².